The summed E-state index contributed by atoms with van der Waals surface area (Å²) < 4.78 is 0. The minimum absolute atomic E-state index is 0.350. The molecule has 3 rings (SSSR count). The first kappa shape index (κ1) is 15.4. The third-order valence-electron chi connectivity index (χ3n) is 4.75. The molecule has 3 nitrogen and oxygen atoms in total. The van der Waals surface area contributed by atoms with Gasteiger partial charge in [-0.15, -0.1) is 12.6 Å². The Morgan fingerprint density at radius 1 is 1.20 bits per heavy atom. The van der Waals surface area contributed by atoms with Crippen molar-refractivity contribution in [1.29, 1.82) is 0 Å². The molecule has 2 saturated carbocycles. The van der Waals surface area contributed by atoms with Crippen molar-refractivity contribution in [2.45, 2.75) is 42.4 Å². The van der Waals surface area contributed by atoms with Crippen LogP contribution in [0.5, 0.6) is 0 Å². The summed E-state index contributed by atoms with van der Waals surface area (Å²) in [5.74, 6) is 0.325. The van der Waals surface area contributed by atoms with Crippen molar-refractivity contribution in [3.63, 3.8) is 0 Å². The molecule has 0 heterocycles. The Kier molecular flexibility index (Phi) is 4.76. The fourth-order valence-electron chi connectivity index (χ4n) is 3.68. The molecule has 2 aliphatic rings. The molecule has 2 atom stereocenters. The van der Waals surface area contributed by atoms with Crippen LogP contribution in [-0.4, -0.2) is 23.3 Å². The third kappa shape index (κ3) is 2.59. The van der Waals surface area contributed by atoms with Crippen LogP contribution in [0.25, 0.3) is 0 Å². The molecule has 0 radical (unpaired) electrons. The predicted molar refractivity (Wildman–Crippen MR) is 81.2 cm³/mol. The first-order chi connectivity index (χ1) is 9.64. The highest BCUT2D eigenvalue weighted by molar-refractivity contribution is 7.80. The Hall–Kier alpha value is -1.00. The number of hydrogen-bond donors (Lipinski definition) is 3. The average molecular weight is 294 g/mol. The lowest BCUT2D eigenvalue weighted by Crippen LogP contribution is -2.24. The summed E-state index contributed by atoms with van der Waals surface area (Å²) in [6.07, 6.45) is 5.78. The van der Waals surface area contributed by atoms with E-state index in [0.29, 0.717) is 11.8 Å². The molecule has 2 fully saturated rings. The zero-order chi connectivity index (χ0) is 14.8. The number of aliphatic carboxylic acids is 1. The van der Waals surface area contributed by atoms with E-state index < -0.39 is 11.4 Å². The Labute approximate surface area is 125 Å². The van der Waals surface area contributed by atoms with Gasteiger partial charge in [0.05, 0.1) is 5.41 Å². The molecule has 0 bridgehead atoms. The van der Waals surface area contributed by atoms with Gasteiger partial charge >= 0.3 is 5.97 Å². The normalized spacial score (nSPS) is 28.6. The minimum atomic E-state index is -0.647. The van der Waals surface area contributed by atoms with Crippen LogP contribution in [0.15, 0.2) is 29.2 Å². The van der Waals surface area contributed by atoms with E-state index in [-0.39, 0.29) is 0 Å². The summed E-state index contributed by atoms with van der Waals surface area (Å²) in [5, 5.41) is 16.6. The van der Waals surface area contributed by atoms with Crippen LogP contribution in [0, 0.1) is 11.8 Å². The van der Waals surface area contributed by atoms with Crippen molar-refractivity contribution in [3.05, 3.63) is 29.8 Å². The van der Waals surface area contributed by atoms with Gasteiger partial charge in [-0.1, -0.05) is 37.8 Å². The van der Waals surface area contributed by atoms with Crippen molar-refractivity contribution in [1.82, 2.24) is 0 Å². The first-order valence-electron chi connectivity index (χ1n) is 7.12. The van der Waals surface area contributed by atoms with Crippen molar-refractivity contribution in [2.75, 3.05) is 7.11 Å². The summed E-state index contributed by atoms with van der Waals surface area (Å²) >= 11 is 4.26. The smallest absolute Gasteiger partial charge is 0.314 e. The molecule has 2 N–H and O–H groups in total. The van der Waals surface area contributed by atoms with Gasteiger partial charge in [0, 0.05) is 12.0 Å². The summed E-state index contributed by atoms with van der Waals surface area (Å²) in [7, 11) is 1.00. The van der Waals surface area contributed by atoms with E-state index in [1.807, 2.05) is 24.3 Å². The quantitative estimate of drug-likeness (QED) is 0.751. The van der Waals surface area contributed by atoms with Crippen LogP contribution < -0.4 is 0 Å². The van der Waals surface area contributed by atoms with E-state index in [1.54, 1.807) is 0 Å². The number of rotatable bonds is 3. The molecule has 2 unspecified atom stereocenters. The molecule has 2 aliphatic carbocycles. The molecule has 1 aromatic rings. The van der Waals surface area contributed by atoms with Crippen LogP contribution in [0.3, 0.4) is 0 Å². The van der Waals surface area contributed by atoms with E-state index in [9.17, 15) is 9.90 Å². The van der Waals surface area contributed by atoms with E-state index in [4.69, 9.17) is 5.11 Å². The number of hydrogen-bond acceptors (Lipinski definition) is 3. The maximum Gasteiger partial charge on any atom is 0.314 e. The Morgan fingerprint density at radius 2 is 1.75 bits per heavy atom. The number of aliphatic hydroxyl groups excluding tert-OH is 1. The van der Waals surface area contributed by atoms with Gasteiger partial charge in [0.1, 0.15) is 0 Å². The number of carboxylic acids is 1. The highest BCUT2D eigenvalue weighted by Crippen LogP contribution is 2.61. The summed E-state index contributed by atoms with van der Waals surface area (Å²) in [6, 6.07) is 7.66. The number of aliphatic hydroxyl groups is 1. The van der Waals surface area contributed by atoms with Crippen molar-refractivity contribution >= 4 is 18.6 Å². The molecule has 110 valence electrons. The maximum atomic E-state index is 11.7. The van der Waals surface area contributed by atoms with E-state index in [1.165, 1.54) is 25.7 Å². The van der Waals surface area contributed by atoms with Crippen LogP contribution in [0.4, 0.5) is 0 Å². The van der Waals surface area contributed by atoms with Gasteiger partial charge in [-0.05, 0) is 36.0 Å². The van der Waals surface area contributed by atoms with Gasteiger partial charge in [-0.25, -0.2) is 0 Å². The molecule has 4 heteroatoms. The third-order valence-corrected chi connectivity index (χ3v) is 5.05. The van der Waals surface area contributed by atoms with Crippen molar-refractivity contribution in [2.24, 2.45) is 11.8 Å². The number of carboxylic acid groups (broad SMARTS) is 1. The second-order valence-electron chi connectivity index (χ2n) is 5.68. The summed E-state index contributed by atoms with van der Waals surface area (Å²) in [4.78, 5) is 12.6. The highest BCUT2D eigenvalue weighted by Gasteiger charge is 2.63. The van der Waals surface area contributed by atoms with Crippen molar-refractivity contribution < 1.29 is 15.0 Å². The van der Waals surface area contributed by atoms with Gasteiger partial charge in [0.25, 0.3) is 0 Å². The summed E-state index contributed by atoms with van der Waals surface area (Å²) in [6.45, 7) is 0. The van der Waals surface area contributed by atoms with Gasteiger partial charge < -0.3 is 10.2 Å². The molecule has 0 spiro atoms. The Bertz CT molecular complexity index is 465. The molecular weight excluding hydrogens is 272 g/mol. The average Bonchev–Trinajstić information content (AvgIpc) is 3.00. The molecule has 0 amide bonds. The van der Waals surface area contributed by atoms with Gasteiger partial charge in [0.15, 0.2) is 0 Å². The lowest BCUT2D eigenvalue weighted by molar-refractivity contribution is -0.140. The van der Waals surface area contributed by atoms with Gasteiger partial charge in [0.2, 0.25) is 0 Å². The second-order valence-corrected chi connectivity index (χ2v) is 6.19. The molecule has 0 aromatic heterocycles. The minimum Gasteiger partial charge on any atom is -0.481 e. The van der Waals surface area contributed by atoms with Crippen LogP contribution >= 0.6 is 12.6 Å². The zero-order valence-corrected chi connectivity index (χ0v) is 12.6. The molecular formula is C16H22O3S. The van der Waals surface area contributed by atoms with Gasteiger partial charge in [-0.3, -0.25) is 4.79 Å². The Morgan fingerprint density at radius 3 is 2.25 bits per heavy atom. The molecule has 0 saturated heterocycles. The standard InChI is InChI=1S/C15H18O2S.CH4O/c16-14(17)15(11-5-7-12(18)8-6-11)9-13(15)10-3-1-2-4-10;1-2/h5-8,10,13,18H,1-4,9H2,(H,16,17);2H,1H3. The Balaban J connectivity index is 0.000000704. The van der Waals surface area contributed by atoms with E-state index in [0.717, 1.165) is 24.0 Å². The predicted octanol–water partition coefficient (Wildman–Crippen LogP) is 3.12. The fourth-order valence-corrected chi connectivity index (χ4v) is 3.83. The topological polar surface area (TPSA) is 57.5 Å². The second kappa shape index (κ2) is 6.19. The number of thiol groups is 1. The maximum absolute atomic E-state index is 11.7. The van der Waals surface area contributed by atoms with Crippen LogP contribution in [0.1, 0.15) is 37.7 Å². The fraction of sp³-hybridized carbons (Fsp3) is 0.562. The van der Waals surface area contributed by atoms with Crippen molar-refractivity contribution in [3.8, 4) is 0 Å². The van der Waals surface area contributed by atoms with Crippen LogP contribution in [0.2, 0.25) is 0 Å². The van der Waals surface area contributed by atoms with Crippen LogP contribution in [-0.2, 0) is 10.2 Å². The SMILES string of the molecule is CO.O=C(O)C1(c2ccc(S)cc2)CC1C1CCCC1. The lowest BCUT2D eigenvalue weighted by atomic mass is 9.87. The molecule has 1 aromatic carbocycles. The number of benzene rings is 1. The number of carbonyl (C=O) groups is 1. The monoisotopic (exact) mass is 294 g/mol. The summed E-state index contributed by atoms with van der Waals surface area (Å²) in [5.41, 5.74) is 0.362. The van der Waals surface area contributed by atoms with E-state index >= 15 is 0 Å². The molecule has 0 aliphatic heterocycles. The lowest BCUT2D eigenvalue weighted by Gasteiger charge is -2.16. The first-order valence-corrected chi connectivity index (χ1v) is 7.57. The van der Waals surface area contributed by atoms with Gasteiger partial charge in [-0.2, -0.15) is 0 Å². The largest absolute Gasteiger partial charge is 0.481 e. The highest BCUT2D eigenvalue weighted by atomic mass is 32.1. The van der Waals surface area contributed by atoms with E-state index in [2.05, 4.69) is 12.6 Å². The zero-order valence-electron chi connectivity index (χ0n) is 11.7. The molecule has 20 heavy (non-hydrogen) atoms.